The summed E-state index contributed by atoms with van der Waals surface area (Å²) in [5.41, 5.74) is 0.562. The number of carbonyl (C=O) groups excluding carboxylic acids is 1. The Kier molecular flexibility index (Phi) is 4.11. The van der Waals surface area contributed by atoms with Gasteiger partial charge in [0.25, 0.3) is 0 Å². The number of rotatable bonds is 2. The van der Waals surface area contributed by atoms with Crippen molar-refractivity contribution < 1.29 is 9.53 Å². The van der Waals surface area contributed by atoms with Crippen LogP contribution in [0, 0.1) is 6.92 Å². The van der Waals surface area contributed by atoms with Gasteiger partial charge in [0.2, 0.25) is 0 Å². The molecule has 0 saturated carbocycles. The zero-order valence-corrected chi connectivity index (χ0v) is 11.2. The Morgan fingerprint density at radius 1 is 1.24 bits per heavy atom. The molecule has 94 valence electrons. The number of hydrogen-bond donors (Lipinski definition) is 0. The molecule has 17 heavy (non-hydrogen) atoms. The molecule has 7 heteroatoms. The average Bonchev–Trinajstić information content (AvgIpc) is 2.22. The van der Waals surface area contributed by atoms with Gasteiger partial charge in [-0.2, -0.15) is 9.97 Å². The van der Waals surface area contributed by atoms with Gasteiger partial charge in [-0.3, -0.25) is 0 Å². The minimum atomic E-state index is -0.531. The molecule has 1 heterocycles. The summed E-state index contributed by atoms with van der Waals surface area (Å²) in [6, 6.07) is -0.00528. The molecule has 1 rings (SSSR count). The molecule has 0 bridgehead atoms. The second-order valence-electron chi connectivity index (χ2n) is 3.89. The highest BCUT2D eigenvalue weighted by molar-refractivity contribution is 6.33. The lowest BCUT2D eigenvalue weighted by Gasteiger charge is -2.16. The van der Waals surface area contributed by atoms with Gasteiger partial charge in [0.1, 0.15) is 5.02 Å². The van der Waals surface area contributed by atoms with E-state index in [2.05, 4.69) is 9.97 Å². The fourth-order valence-corrected chi connectivity index (χ4v) is 1.28. The number of aryl methyl sites for hydroxylation is 1. The summed E-state index contributed by atoms with van der Waals surface area (Å²) in [4.78, 5) is 22.5. The Morgan fingerprint density at radius 2 is 1.82 bits per heavy atom. The SMILES string of the molecule is Cc1nc(OC(=O)N(C)C)nc(N(C)C)c1Cl. The van der Waals surface area contributed by atoms with Gasteiger partial charge < -0.3 is 14.5 Å². The smallest absolute Gasteiger partial charge is 0.374 e. The largest absolute Gasteiger partial charge is 0.417 e. The summed E-state index contributed by atoms with van der Waals surface area (Å²) in [5, 5.41) is 0.444. The van der Waals surface area contributed by atoms with Crippen molar-refractivity contribution in [3.05, 3.63) is 10.7 Å². The second kappa shape index (κ2) is 5.18. The lowest BCUT2D eigenvalue weighted by molar-refractivity contribution is 0.168. The highest BCUT2D eigenvalue weighted by Gasteiger charge is 2.15. The Balaban J connectivity index is 3.07. The van der Waals surface area contributed by atoms with E-state index in [1.165, 1.54) is 4.90 Å². The van der Waals surface area contributed by atoms with Crippen LogP contribution in [0.2, 0.25) is 5.02 Å². The quantitative estimate of drug-likeness (QED) is 0.806. The number of amides is 1. The maximum Gasteiger partial charge on any atom is 0.417 e. The van der Waals surface area contributed by atoms with E-state index in [-0.39, 0.29) is 6.01 Å². The molecule has 0 aliphatic heterocycles. The number of hydrogen-bond acceptors (Lipinski definition) is 5. The summed E-state index contributed by atoms with van der Waals surface area (Å²) in [5.74, 6) is 0.515. The minimum Gasteiger partial charge on any atom is -0.374 e. The monoisotopic (exact) mass is 258 g/mol. The standard InChI is InChI=1S/C10H15ClN4O2/c1-6-7(11)8(14(2)3)13-9(12-6)17-10(16)15(4)5/h1-5H3. The molecule has 6 nitrogen and oxygen atoms in total. The van der Waals surface area contributed by atoms with E-state index in [0.29, 0.717) is 16.5 Å². The molecule has 0 aliphatic carbocycles. The van der Waals surface area contributed by atoms with Gasteiger partial charge in [-0.15, -0.1) is 0 Å². The van der Waals surface area contributed by atoms with E-state index >= 15 is 0 Å². The van der Waals surface area contributed by atoms with Gasteiger partial charge in [0, 0.05) is 28.2 Å². The van der Waals surface area contributed by atoms with Gasteiger partial charge >= 0.3 is 12.1 Å². The van der Waals surface area contributed by atoms with Crippen LogP contribution in [0.3, 0.4) is 0 Å². The van der Waals surface area contributed by atoms with E-state index in [1.54, 1.807) is 40.0 Å². The van der Waals surface area contributed by atoms with Crippen molar-refractivity contribution in [3.8, 4) is 6.01 Å². The predicted molar refractivity (Wildman–Crippen MR) is 65.8 cm³/mol. The van der Waals surface area contributed by atoms with Crippen molar-refractivity contribution in [2.45, 2.75) is 6.92 Å². The maximum atomic E-state index is 11.4. The predicted octanol–water partition coefficient (Wildman–Crippen LogP) is 1.56. The molecule has 0 N–H and O–H groups in total. The second-order valence-corrected chi connectivity index (χ2v) is 4.26. The van der Waals surface area contributed by atoms with E-state index in [9.17, 15) is 4.79 Å². The zero-order valence-electron chi connectivity index (χ0n) is 10.5. The van der Waals surface area contributed by atoms with E-state index in [4.69, 9.17) is 16.3 Å². The summed E-state index contributed by atoms with van der Waals surface area (Å²) in [6.45, 7) is 1.73. The van der Waals surface area contributed by atoms with Crippen LogP contribution in [0.5, 0.6) is 6.01 Å². The van der Waals surface area contributed by atoms with Crippen molar-refractivity contribution >= 4 is 23.5 Å². The Bertz CT molecular complexity index is 435. The molecule has 0 unspecified atom stereocenters. The molecule has 0 fully saturated rings. The first-order valence-electron chi connectivity index (χ1n) is 4.93. The molecule has 0 atom stereocenters. The molecular formula is C10H15ClN4O2. The summed E-state index contributed by atoms with van der Waals surface area (Å²) >= 11 is 6.04. The Hall–Kier alpha value is -1.56. The first kappa shape index (κ1) is 13.5. The third-order valence-corrected chi connectivity index (χ3v) is 2.39. The summed E-state index contributed by atoms with van der Waals surface area (Å²) in [6.07, 6.45) is -0.531. The highest BCUT2D eigenvalue weighted by Crippen LogP contribution is 2.26. The van der Waals surface area contributed by atoms with E-state index < -0.39 is 6.09 Å². The van der Waals surface area contributed by atoms with Crippen molar-refractivity contribution in [1.82, 2.24) is 14.9 Å². The number of aromatic nitrogens is 2. The first-order chi connectivity index (χ1) is 7.82. The fraction of sp³-hybridized carbons (Fsp3) is 0.500. The number of halogens is 1. The first-order valence-corrected chi connectivity index (χ1v) is 5.31. The number of anilines is 1. The maximum absolute atomic E-state index is 11.4. The molecule has 1 amide bonds. The molecule has 1 aromatic rings. The van der Waals surface area contributed by atoms with Gasteiger partial charge in [-0.1, -0.05) is 11.6 Å². The van der Waals surface area contributed by atoms with Crippen molar-refractivity contribution in [2.24, 2.45) is 0 Å². The van der Waals surface area contributed by atoms with Gasteiger partial charge in [-0.25, -0.2) is 4.79 Å². The molecule has 0 aromatic carbocycles. The van der Waals surface area contributed by atoms with E-state index in [1.807, 2.05) is 0 Å². The lowest BCUT2D eigenvalue weighted by Crippen LogP contribution is -2.26. The van der Waals surface area contributed by atoms with Crippen molar-refractivity contribution in [1.29, 1.82) is 0 Å². The van der Waals surface area contributed by atoms with E-state index in [0.717, 1.165) is 0 Å². The normalized spacial score (nSPS) is 10.0. The van der Waals surface area contributed by atoms with Crippen molar-refractivity contribution in [2.75, 3.05) is 33.1 Å². The van der Waals surface area contributed by atoms with Gasteiger partial charge in [0.15, 0.2) is 5.82 Å². The molecule has 0 aliphatic rings. The van der Waals surface area contributed by atoms with Crippen molar-refractivity contribution in [3.63, 3.8) is 0 Å². The van der Waals surface area contributed by atoms with Crippen LogP contribution < -0.4 is 9.64 Å². The highest BCUT2D eigenvalue weighted by atomic mass is 35.5. The van der Waals surface area contributed by atoms with Crippen LogP contribution in [0.1, 0.15) is 5.69 Å². The van der Waals surface area contributed by atoms with Gasteiger partial charge in [0.05, 0.1) is 5.69 Å². The molecular weight excluding hydrogens is 244 g/mol. The van der Waals surface area contributed by atoms with Crippen LogP contribution in [0.25, 0.3) is 0 Å². The third kappa shape index (κ3) is 3.20. The Morgan fingerprint density at radius 3 is 2.29 bits per heavy atom. The topological polar surface area (TPSA) is 58.6 Å². The number of nitrogens with zero attached hydrogens (tertiary/aromatic N) is 4. The third-order valence-electron chi connectivity index (χ3n) is 1.95. The summed E-state index contributed by atoms with van der Waals surface area (Å²) < 4.78 is 4.98. The molecule has 0 radical (unpaired) electrons. The lowest BCUT2D eigenvalue weighted by atomic mass is 10.4. The average molecular weight is 259 g/mol. The fourth-order valence-electron chi connectivity index (χ4n) is 1.03. The Labute approximate surface area is 105 Å². The van der Waals surface area contributed by atoms with Crippen LogP contribution in [-0.2, 0) is 0 Å². The zero-order chi connectivity index (χ0) is 13.2. The minimum absolute atomic E-state index is 0.00528. The van der Waals surface area contributed by atoms with Gasteiger partial charge in [-0.05, 0) is 6.92 Å². The molecule has 0 saturated heterocycles. The number of ether oxygens (including phenoxy) is 1. The molecule has 1 aromatic heterocycles. The van der Waals surface area contributed by atoms with Crippen LogP contribution in [0.15, 0.2) is 0 Å². The molecule has 0 spiro atoms. The summed E-state index contributed by atoms with van der Waals surface area (Å²) in [7, 11) is 6.76. The van der Waals surface area contributed by atoms with Crippen LogP contribution in [0.4, 0.5) is 10.6 Å². The van der Waals surface area contributed by atoms with Crippen LogP contribution in [-0.4, -0.2) is 49.2 Å². The number of carbonyl (C=O) groups is 1. The van der Waals surface area contributed by atoms with Crippen LogP contribution >= 0.6 is 11.6 Å².